The van der Waals surface area contributed by atoms with E-state index in [0.717, 1.165) is 23.9 Å². The van der Waals surface area contributed by atoms with Crippen molar-refractivity contribution in [3.63, 3.8) is 0 Å². The molecule has 3 aliphatic rings. The van der Waals surface area contributed by atoms with Gasteiger partial charge in [0.1, 0.15) is 0 Å². The molecule has 21 heavy (non-hydrogen) atoms. The number of nitrogens with zero attached hydrogens (tertiary/aromatic N) is 1. The van der Waals surface area contributed by atoms with E-state index >= 15 is 0 Å². The first-order valence-electron chi connectivity index (χ1n) is 9.51. The van der Waals surface area contributed by atoms with Crippen LogP contribution in [0.15, 0.2) is 0 Å². The van der Waals surface area contributed by atoms with Crippen molar-refractivity contribution in [2.24, 2.45) is 17.3 Å². The molecule has 3 fully saturated rings. The van der Waals surface area contributed by atoms with Crippen LogP contribution in [0.4, 0.5) is 0 Å². The van der Waals surface area contributed by atoms with Crippen LogP contribution in [0.1, 0.15) is 72.1 Å². The molecule has 2 saturated heterocycles. The molecule has 2 heteroatoms. The summed E-state index contributed by atoms with van der Waals surface area (Å²) < 4.78 is 0. The van der Waals surface area contributed by atoms with Crippen LogP contribution < -0.4 is 5.32 Å². The van der Waals surface area contributed by atoms with E-state index in [1.54, 1.807) is 0 Å². The van der Waals surface area contributed by atoms with Gasteiger partial charge in [0.2, 0.25) is 0 Å². The van der Waals surface area contributed by atoms with E-state index in [9.17, 15) is 0 Å². The molecule has 0 aromatic rings. The van der Waals surface area contributed by atoms with Crippen molar-refractivity contribution in [1.29, 1.82) is 0 Å². The monoisotopic (exact) mass is 292 g/mol. The number of nitrogens with one attached hydrogen (secondary N) is 1. The minimum atomic E-state index is 0.517. The lowest BCUT2D eigenvalue weighted by Crippen LogP contribution is -2.48. The minimum absolute atomic E-state index is 0.517. The fourth-order valence-electron chi connectivity index (χ4n) is 5.12. The van der Waals surface area contributed by atoms with Gasteiger partial charge in [-0.15, -0.1) is 0 Å². The maximum Gasteiger partial charge on any atom is 0.0108 e. The third kappa shape index (κ3) is 3.82. The molecule has 1 aliphatic carbocycles. The molecule has 3 rings (SSSR count). The molecule has 1 N–H and O–H groups in total. The predicted octanol–water partition coefficient (Wildman–Crippen LogP) is 4.06. The summed E-state index contributed by atoms with van der Waals surface area (Å²) in [6.07, 6.45) is 11.5. The number of rotatable bonds is 2. The van der Waals surface area contributed by atoms with Crippen molar-refractivity contribution in [3.8, 4) is 0 Å². The van der Waals surface area contributed by atoms with Gasteiger partial charge in [0.25, 0.3) is 0 Å². The van der Waals surface area contributed by atoms with Crippen LogP contribution in [0.3, 0.4) is 0 Å². The number of hydrogen-bond acceptors (Lipinski definition) is 2. The first-order valence-corrected chi connectivity index (χ1v) is 9.51. The standard InChI is InChI=1S/C19H36N2/c1-19(2,3)16-8-10-17(11-9-16)21-13-5-6-15(14-21)18-7-4-12-20-18/h15-18,20H,4-14H2,1-3H3. The van der Waals surface area contributed by atoms with Crippen molar-refractivity contribution in [2.45, 2.75) is 84.2 Å². The average molecular weight is 293 g/mol. The Balaban J connectivity index is 1.50. The Hall–Kier alpha value is -0.0800. The van der Waals surface area contributed by atoms with Crippen LogP contribution in [0, 0.1) is 17.3 Å². The molecule has 122 valence electrons. The van der Waals surface area contributed by atoms with E-state index in [1.807, 2.05) is 0 Å². The summed E-state index contributed by atoms with van der Waals surface area (Å²) in [5.41, 5.74) is 0.517. The van der Waals surface area contributed by atoms with E-state index < -0.39 is 0 Å². The van der Waals surface area contributed by atoms with Gasteiger partial charge >= 0.3 is 0 Å². The second-order valence-electron chi connectivity index (χ2n) is 8.97. The van der Waals surface area contributed by atoms with Gasteiger partial charge in [0.15, 0.2) is 0 Å². The van der Waals surface area contributed by atoms with Crippen LogP contribution >= 0.6 is 0 Å². The van der Waals surface area contributed by atoms with Crippen LogP contribution in [0.25, 0.3) is 0 Å². The largest absolute Gasteiger partial charge is 0.314 e. The fourth-order valence-corrected chi connectivity index (χ4v) is 5.12. The van der Waals surface area contributed by atoms with E-state index in [1.165, 1.54) is 71.0 Å². The third-order valence-electron chi connectivity index (χ3n) is 6.59. The van der Waals surface area contributed by atoms with Gasteiger partial charge in [-0.25, -0.2) is 0 Å². The number of likely N-dealkylation sites (tertiary alicyclic amines) is 1. The SMILES string of the molecule is CC(C)(C)C1CCC(N2CCCC(C3CCCN3)C2)CC1. The predicted molar refractivity (Wildman–Crippen MR) is 90.5 cm³/mol. The molecule has 2 aliphatic heterocycles. The number of piperidine rings is 1. The summed E-state index contributed by atoms with van der Waals surface area (Å²) in [4.78, 5) is 2.87. The molecule has 0 radical (unpaired) electrons. The summed E-state index contributed by atoms with van der Waals surface area (Å²) in [6, 6.07) is 1.73. The van der Waals surface area contributed by atoms with Crippen LogP contribution in [0.5, 0.6) is 0 Å². The maximum absolute atomic E-state index is 3.75. The van der Waals surface area contributed by atoms with Crippen molar-refractivity contribution < 1.29 is 0 Å². The van der Waals surface area contributed by atoms with Gasteiger partial charge in [-0.1, -0.05) is 20.8 Å². The van der Waals surface area contributed by atoms with Gasteiger partial charge in [-0.2, -0.15) is 0 Å². The molecule has 0 aromatic carbocycles. The summed E-state index contributed by atoms with van der Waals surface area (Å²) in [6.45, 7) is 11.3. The lowest BCUT2D eigenvalue weighted by molar-refractivity contribution is 0.0578. The Bertz CT molecular complexity index is 319. The van der Waals surface area contributed by atoms with Crippen molar-refractivity contribution in [1.82, 2.24) is 10.2 Å². The van der Waals surface area contributed by atoms with Crippen molar-refractivity contribution in [3.05, 3.63) is 0 Å². The molecule has 0 aromatic heterocycles. The highest BCUT2D eigenvalue weighted by Crippen LogP contribution is 2.40. The van der Waals surface area contributed by atoms with Gasteiger partial charge < -0.3 is 10.2 Å². The highest BCUT2D eigenvalue weighted by Gasteiger charge is 2.35. The number of hydrogen-bond donors (Lipinski definition) is 1. The normalized spacial score (nSPS) is 39.6. The molecule has 2 heterocycles. The van der Waals surface area contributed by atoms with Crippen molar-refractivity contribution in [2.75, 3.05) is 19.6 Å². The lowest BCUT2D eigenvalue weighted by Gasteiger charge is -2.44. The molecule has 0 amide bonds. The zero-order valence-corrected chi connectivity index (χ0v) is 14.5. The average Bonchev–Trinajstić information content (AvgIpc) is 3.01. The van der Waals surface area contributed by atoms with E-state index in [0.29, 0.717) is 5.41 Å². The fraction of sp³-hybridized carbons (Fsp3) is 1.00. The van der Waals surface area contributed by atoms with Gasteiger partial charge in [-0.3, -0.25) is 0 Å². The first kappa shape index (κ1) is 15.8. The maximum atomic E-state index is 3.75. The molecule has 2 atom stereocenters. The zero-order valence-electron chi connectivity index (χ0n) is 14.5. The van der Waals surface area contributed by atoms with Gasteiger partial charge in [-0.05, 0) is 81.7 Å². The Morgan fingerprint density at radius 2 is 1.67 bits per heavy atom. The summed E-state index contributed by atoms with van der Waals surface area (Å²) in [5, 5.41) is 3.75. The smallest absolute Gasteiger partial charge is 0.0108 e. The van der Waals surface area contributed by atoms with E-state index in [2.05, 4.69) is 31.0 Å². The van der Waals surface area contributed by atoms with Crippen LogP contribution in [-0.2, 0) is 0 Å². The summed E-state index contributed by atoms with van der Waals surface area (Å²) in [7, 11) is 0. The highest BCUT2D eigenvalue weighted by atomic mass is 15.2. The molecular formula is C19H36N2. The Kier molecular flexibility index (Phi) is 4.95. The second kappa shape index (κ2) is 6.58. The Labute approximate surface area is 132 Å². The molecule has 2 nitrogen and oxygen atoms in total. The third-order valence-corrected chi connectivity index (χ3v) is 6.59. The van der Waals surface area contributed by atoms with Crippen LogP contribution in [0.2, 0.25) is 0 Å². The molecule has 1 saturated carbocycles. The molecule has 0 spiro atoms. The second-order valence-corrected chi connectivity index (χ2v) is 8.97. The molecule has 0 bridgehead atoms. The lowest BCUT2D eigenvalue weighted by atomic mass is 9.71. The van der Waals surface area contributed by atoms with Gasteiger partial charge in [0, 0.05) is 18.6 Å². The summed E-state index contributed by atoms with van der Waals surface area (Å²) in [5.74, 6) is 1.88. The summed E-state index contributed by atoms with van der Waals surface area (Å²) >= 11 is 0. The quantitative estimate of drug-likeness (QED) is 0.826. The van der Waals surface area contributed by atoms with Crippen molar-refractivity contribution >= 4 is 0 Å². The Morgan fingerprint density at radius 1 is 0.905 bits per heavy atom. The van der Waals surface area contributed by atoms with Gasteiger partial charge in [0.05, 0.1) is 0 Å². The minimum Gasteiger partial charge on any atom is -0.314 e. The first-order chi connectivity index (χ1) is 10.0. The van der Waals surface area contributed by atoms with Crippen LogP contribution in [-0.4, -0.2) is 36.6 Å². The highest BCUT2D eigenvalue weighted by molar-refractivity contribution is 4.90. The topological polar surface area (TPSA) is 15.3 Å². The molecular weight excluding hydrogens is 256 g/mol. The Morgan fingerprint density at radius 3 is 2.29 bits per heavy atom. The molecule has 2 unspecified atom stereocenters. The van der Waals surface area contributed by atoms with E-state index in [-0.39, 0.29) is 0 Å². The van der Waals surface area contributed by atoms with E-state index in [4.69, 9.17) is 0 Å². The zero-order chi connectivity index (χ0) is 14.9.